The number of carbonyl (C=O) groups is 3. The highest BCUT2D eigenvalue weighted by Crippen LogP contribution is 2.29. The molecule has 0 spiro atoms. The van der Waals surface area contributed by atoms with Crippen molar-refractivity contribution in [2.75, 3.05) is 19.0 Å². The third-order valence-corrected chi connectivity index (χ3v) is 4.45. The quantitative estimate of drug-likeness (QED) is 0.602. The Morgan fingerprint density at radius 2 is 1.69 bits per heavy atom. The first-order chi connectivity index (χ1) is 13.7. The molecule has 7 nitrogen and oxygen atoms in total. The second-order valence-corrected chi connectivity index (χ2v) is 7.37. The van der Waals surface area contributed by atoms with Crippen LogP contribution in [0.15, 0.2) is 48.5 Å². The number of anilines is 1. The molecule has 0 saturated heterocycles. The minimum Gasteiger partial charge on any atom is -0.496 e. The number of nitrogens with one attached hydrogen (secondary N) is 2. The van der Waals surface area contributed by atoms with E-state index < -0.39 is 17.9 Å². The van der Waals surface area contributed by atoms with E-state index in [4.69, 9.17) is 9.84 Å². The average molecular weight is 398 g/mol. The molecule has 2 amide bonds. The molecule has 7 heteroatoms. The fourth-order valence-electron chi connectivity index (χ4n) is 2.83. The second-order valence-electron chi connectivity index (χ2n) is 7.37. The Kier molecular flexibility index (Phi) is 7.36. The van der Waals surface area contributed by atoms with Gasteiger partial charge in [0.1, 0.15) is 12.3 Å². The van der Waals surface area contributed by atoms with Gasteiger partial charge in [0.25, 0.3) is 0 Å². The Hall–Kier alpha value is -3.35. The molecule has 0 saturated carbocycles. The van der Waals surface area contributed by atoms with Gasteiger partial charge in [-0.25, -0.2) is 0 Å². The average Bonchev–Trinajstić information content (AvgIpc) is 2.68. The van der Waals surface area contributed by atoms with E-state index in [1.807, 2.05) is 38.1 Å². The van der Waals surface area contributed by atoms with Crippen molar-refractivity contribution < 1.29 is 24.2 Å². The standard InChI is InChI=1S/C22H26N2O5/c1-22(2,13-16-6-4-5-7-18(16)29-3)21(28)24-17-10-8-15(9-11-17)12-19(25)23-14-20(26)27/h4-11H,12-14H2,1-3H3,(H,23,25)(H,24,28)(H,26,27). The van der Waals surface area contributed by atoms with E-state index >= 15 is 0 Å². The zero-order chi connectivity index (χ0) is 21.4. The lowest BCUT2D eigenvalue weighted by Gasteiger charge is -2.24. The normalized spacial score (nSPS) is 10.9. The number of hydrogen-bond acceptors (Lipinski definition) is 4. The zero-order valence-corrected chi connectivity index (χ0v) is 16.8. The van der Waals surface area contributed by atoms with Crippen molar-refractivity contribution in [1.82, 2.24) is 5.32 Å². The van der Waals surface area contributed by atoms with Gasteiger partial charge >= 0.3 is 5.97 Å². The van der Waals surface area contributed by atoms with Crippen LogP contribution >= 0.6 is 0 Å². The number of para-hydroxylation sites is 1. The molecule has 0 aliphatic heterocycles. The van der Waals surface area contributed by atoms with Crippen LogP contribution in [0.2, 0.25) is 0 Å². The van der Waals surface area contributed by atoms with Crippen LogP contribution in [0.5, 0.6) is 5.75 Å². The van der Waals surface area contributed by atoms with Gasteiger partial charge in [0.05, 0.1) is 13.5 Å². The predicted octanol–water partition coefficient (Wildman–Crippen LogP) is 2.65. The molecule has 2 aromatic rings. The molecule has 0 aromatic heterocycles. The molecule has 0 fully saturated rings. The van der Waals surface area contributed by atoms with E-state index in [1.165, 1.54) is 0 Å². The van der Waals surface area contributed by atoms with Crippen molar-refractivity contribution in [2.24, 2.45) is 5.41 Å². The summed E-state index contributed by atoms with van der Waals surface area (Å²) < 4.78 is 5.37. The van der Waals surface area contributed by atoms with Gasteiger partial charge in [0.2, 0.25) is 11.8 Å². The number of amides is 2. The van der Waals surface area contributed by atoms with Crippen LogP contribution in [-0.2, 0) is 27.2 Å². The summed E-state index contributed by atoms with van der Waals surface area (Å²) in [6.45, 7) is 3.33. The fourth-order valence-corrected chi connectivity index (χ4v) is 2.83. The number of rotatable bonds is 9. The molecule has 0 bridgehead atoms. The molecule has 154 valence electrons. The van der Waals surface area contributed by atoms with Gasteiger partial charge in [-0.1, -0.05) is 44.2 Å². The molecule has 2 aromatic carbocycles. The second kappa shape index (κ2) is 9.73. The smallest absolute Gasteiger partial charge is 0.322 e. The van der Waals surface area contributed by atoms with Crippen molar-refractivity contribution in [3.8, 4) is 5.75 Å². The van der Waals surface area contributed by atoms with Crippen LogP contribution in [0.3, 0.4) is 0 Å². The van der Waals surface area contributed by atoms with Gasteiger partial charge < -0.3 is 20.5 Å². The third kappa shape index (κ3) is 6.64. The molecule has 0 atom stereocenters. The first kappa shape index (κ1) is 21.9. The number of benzene rings is 2. The summed E-state index contributed by atoms with van der Waals surface area (Å²) in [6.07, 6.45) is 0.589. The molecule has 3 N–H and O–H groups in total. The SMILES string of the molecule is COc1ccccc1CC(C)(C)C(=O)Nc1ccc(CC(=O)NCC(=O)O)cc1. The van der Waals surface area contributed by atoms with E-state index in [9.17, 15) is 14.4 Å². The van der Waals surface area contributed by atoms with E-state index in [0.717, 1.165) is 16.9 Å². The minimum absolute atomic E-state index is 0.0702. The van der Waals surface area contributed by atoms with Crippen LogP contribution in [0.1, 0.15) is 25.0 Å². The van der Waals surface area contributed by atoms with Crippen LogP contribution in [0.4, 0.5) is 5.69 Å². The van der Waals surface area contributed by atoms with Crippen molar-refractivity contribution in [2.45, 2.75) is 26.7 Å². The molecular weight excluding hydrogens is 372 g/mol. The molecular formula is C22H26N2O5. The lowest BCUT2D eigenvalue weighted by molar-refractivity contribution is -0.137. The predicted molar refractivity (Wildman–Crippen MR) is 110 cm³/mol. The van der Waals surface area contributed by atoms with Gasteiger partial charge in [-0.3, -0.25) is 14.4 Å². The molecule has 0 heterocycles. The van der Waals surface area contributed by atoms with Crippen LogP contribution in [-0.4, -0.2) is 36.5 Å². The van der Waals surface area contributed by atoms with Gasteiger partial charge in [-0.15, -0.1) is 0 Å². The van der Waals surface area contributed by atoms with Crippen LogP contribution in [0, 0.1) is 5.41 Å². The number of ether oxygens (including phenoxy) is 1. The maximum Gasteiger partial charge on any atom is 0.322 e. The summed E-state index contributed by atoms with van der Waals surface area (Å²) in [7, 11) is 1.61. The van der Waals surface area contributed by atoms with Gasteiger partial charge in [0, 0.05) is 11.1 Å². The number of carbonyl (C=O) groups excluding carboxylic acids is 2. The zero-order valence-electron chi connectivity index (χ0n) is 16.8. The Bertz CT molecular complexity index is 875. The van der Waals surface area contributed by atoms with Crippen LogP contribution in [0.25, 0.3) is 0 Å². The molecule has 0 radical (unpaired) electrons. The summed E-state index contributed by atoms with van der Waals surface area (Å²) in [5.41, 5.74) is 1.64. The van der Waals surface area contributed by atoms with Crippen molar-refractivity contribution in [1.29, 1.82) is 0 Å². The number of methoxy groups -OCH3 is 1. The summed E-state index contributed by atoms with van der Waals surface area (Å²) in [4.78, 5) is 34.9. The Balaban J connectivity index is 1.97. The first-order valence-electron chi connectivity index (χ1n) is 9.22. The van der Waals surface area contributed by atoms with E-state index in [2.05, 4.69) is 10.6 Å². The number of carboxylic acids is 1. The highest BCUT2D eigenvalue weighted by Gasteiger charge is 2.29. The molecule has 0 aliphatic carbocycles. The van der Waals surface area contributed by atoms with Crippen molar-refractivity contribution in [3.05, 3.63) is 59.7 Å². The largest absolute Gasteiger partial charge is 0.496 e. The van der Waals surface area contributed by atoms with Crippen molar-refractivity contribution in [3.63, 3.8) is 0 Å². The van der Waals surface area contributed by atoms with Crippen molar-refractivity contribution >= 4 is 23.5 Å². The Morgan fingerprint density at radius 1 is 1.03 bits per heavy atom. The maximum atomic E-state index is 12.8. The van der Waals surface area contributed by atoms with E-state index in [1.54, 1.807) is 31.4 Å². The van der Waals surface area contributed by atoms with E-state index in [0.29, 0.717) is 12.1 Å². The molecule has 2 rings (SSSR count). The van der Waals surface area contributed by atoms with E-state index in [-0.39, 0.29) is 18.2 Å². The fraction of sp³-hybridized carbons (Fsp3) is 0.318. The first-order valence-corrected chi connectivity index (χ1v) is 9.22. The summed E-state index contributed by atoms with van der Waals surface area (Å²) in [5, 5.41) is 13.8. The molecule has 0 aliphatic rings. The van der Waals surface area contributed by atoms with Gasteiger partial charge in [-0.05, 0) is 35.7 Å². The summed E-state index contributed by atoms with van der Waals surface area (Å²) in [6, 6.07) is 14.5. The summed E-state index contributed by atoms with van der Waals surface area (Å²) >= 11 is 0. The number of hydrogen-bond donors (Lipinski definition) is 3. The summed E-state index contributed by atoms with van der Waals surface area (Å²) in [5.74, 6) is -0.844. The molecule has 0 unspecified atom stereocenters. The van der Waals surface area contributed by atoms with Gasteiger partial charge in [-0.2, -0.15) is 0 Å². The third-order valence-electron chi connectivity index (χ3n) is 4.45. The highest BCUT2D eigenvalue weighted by atomic mass is 16.5. The topological polar surface area (TPSA) is 105 Å². The lowest BCUT2D eigenvalue weighted by atomic mass is 9.84. The Labute approximate surface area is 170 Å². The van der Waals surface area contributed by atoms with Crippen LogP contribution < -0.4 is 15.4 Å². The maximum absolute atomic E-state index is 12.8. The molecule has 29 heavy (non-hydrogen) atoms. The minimum atomic E-state index is -1.09. The Morgan fingerprint density at radius 3 is 2.31 bits per heavy atom. The number of carboxylic acid groups (broad SMARTS) is 1. The lowest BCUT2D eigenvalue weighted by Crippen LogP contribution is -2.33. The van der Waals surface area contributed by atoms with Gasteiger partial charge in [0.15, 0.2) is 0 Å². The number of aliphatic carboxylic acids is 1. The highest BCUT2D eigenvalue weighted by molar-refractivity contribution is 5.95. The monoisotopic (exact) mass is 398 g/mol.